The van der Waals surface area contributed by atoms with E-state index in [-0.39, 0.29) is 17.1 Å². The highest BCUT2D eigenvalue weighted by atomic mass is 35.5. The molecule has 0 spiro atoms. The summed E-state index contributed by atoms with van der Waals surface area (Å²) in [5.74, 6) is -0.105. The van der Waals surface area contributed by atoms with E-state index in [1.165, 1.54) is 4.90 Å². The molecule has 1 N–H and O–H groups in total. The molecule has 1 atom stereocenters. The Morgan fingerprint density at radius 3 is 2.67 bits per heavy atom. The van der Waals surface area contributed by atoms with E-state index < -0.39 is 6.04 Å². The third-order valence-electron chi connectivity index (χ3n) is 5.94. The zero-order valence-corrected chi connectivity index (χ0v) is 17.2. The average molecular weight is 426 g/mol. The van der Waals surface area contributed by atoms with Crippen molar-refractivity contribution >= 4 is 28.5 Å². The average Bonchev–Trinajstić information content (AvgIpc) is 3.05. The number of nitrogens with one attached hydrogen (secondary N) is 1. The zero-order chi connectivity index (χ0) is 20.7. The summed E-state index contributed by atoms with van der Waals surface area (Å²) < 4.78 is 11.4. The SMILES string of the molecule is O=C1c2oc3ccccc3c(=O)c2[C@H](c2cccc(Cl)c2)N1CC[NH+]1CCOCC1. The van der Waals surface area contributed by atoms with Crippen LogP contribution in [-0.4, -0.2) is 50.2 Å². The smallest absolute Gasteiger partial charge is 0.291 e. The number of rotatable bonds is 4. The van der Waals surface area contributed by atoms with E-state index in [2.05, 4.69) is 0 Å². The van der Waals surface area contributed by atoms with Gasteiger partial charge < -0.3 is 19.0 Å². The lowest BCUT2D eigenvalue weighted by Gasteiger charge is -2.29. The fraction of sp³-hybridized carbons (Fsp3) is 0.304. The molecule has 6 nitrogen and oxygen atoms in total. The monoisotopic (exact) mass is 425 g/mol. The van der Waals surface area contributed by atoms with E-state index in [0.717, 1.165) is 38.4 Å². The Kier molecular flexibility index (Phi) is 5.06. The standard InChI is InChI=1S/C23H21ClN2O4/c24-16-5-3-4-15(14-16)20-19-21(27)17-6-1-2-7-18(17)30-22(19)23(28)26(20)9-8-25-10-12-29-13-11-25/h1-7,14,20H,8-13H2/p+1/t20-/m0/s1. The molecule has 1 fully saturated rings. The fourth-order valence-electron chi connectivity index (χ4n) is 4.41. The summed E-state index contributed by atoms with van der Waals surface area (Å²) in [5.41, 5.74) is 1.48. The largest absolute Gasteiger partial charge is 0.450 e. The molecule has 2 aromatic carbocycles. The van der Waals surface area contributed by atoms with Crippen molar-refractivity contribution in [3.8, 4) is 0 Å². The molecule has 1 aromatic heterocycles. The van der Waals surface area contributed by atoms with Crippen molar-refractivity contribution in [3.63, 3.8) is 0 Å². The fourth-order valence-corrected chi connectivity index (χ4v) is 4.61. The molecule has 3 aromatic rings. The summed E-state index contributed by atoms with van der Waals surface area (Å²) >= 11 is 6.25. The van der Waals surface area contributed by atoms with Gasteiger partial charge in [-0.05, 0) is 29.8 Å². The molecule has 3 heterocycles. The summed E-state index contributed by atoms with van der Waals surface area (Å²) in [5, 5.41) is 1.05. The molecular formula is C23H22ClN2O4+. The van der Waals surface area contributed by atoms with Gasteiger partial charge in [0.05, 0.1) is 43.3 Å². The second-order valence-electron chi connectivity index (χ2n) is 7.74. The van der Waals surface area contributed by atoms with Gasteiger partial charge in [-0.2, -0.15) is 0 Å². The summed E-state index contributed by atoms with van der Waals surface area (Å²) in [4.78, 5) is 29.9. The molecule has 0 saturated carbocycles. The lowest BCUT2D eigenvalue weighted by Crippen LogP contribution is -3.14. The first-order chi connectivity index (χ1) is 14.6. The Bertz CT molecular complexity index is 1170. The van der Waals surface area contributed by atoms with Gasteiger partial charge in [0, 0.05) is 5.02 Å². The first-order valence-electron chi connectivity index (χ1n) is 10.2. The number of hydrogen-bond donors (Lipinski definition) is 1. The van der Waals surface area contributed by atoms with Crippen molar-refractivity contribution in [3.05, 3.63) is 80.7 Å². The van der Waals surface area contributed by atoms with Gasteiger partial charge in [-0.1, -0.05) is 35.9 Å². The Morgan fingerprint density at radius 2 is 1.87 bits per heavy atom. The summed E-state index contributed by atoms with van der Waals surface area (Å²) in [6, 6.07) is 13.9. The Labute approximate surface area is 178 Å². The van der Waals surface area contributed by atoms with Gasteiger partial charge in [-0.3, -0.25) is 9.59 Å². The van der Waals surface area contributed by atoms with Crippen LogP contribution in [0, 0.1) is 0 Å². The van der Waals surface area contributed by atoms with Crippen molar-refractivity contribution < 1.29 is 18.8 Å². The number of para-hydroxylation sites is 1. The van der Waals surface area contributed by atoms with Gasteiger partial charge in [-0.15, -0.1) is 0 Å². The molecule has 7 heteroatoms. The summed E-state index contributed by atoms with van der Waals surface area (Å²) in [6.07, 6.45) is 0. The van der Waals surface area contributed by atoms with Gasteiger partial charge in [0.1, 0.15) is 18.7 Å². The van der Waals surface area contributed by atoms with E-state index in [9.17, 15) is 9.59 Å². The minimum atomic E-state index is -0.507. The van der Waals surface area contributed by atoms with E-state index >= 15 is 0 Å². The number of carbonyl (C=O) groups is 1. The predicted octanol–water partition coefficient (Wildman–Crippen LogP) is 1.91. The third kappa shape index (κ3) is 3.31. The zero-order valence-electron chi connectivity index (χ0n) is 16.4. The highest BCUT2D eigenvalue weighted by molar-refractivity contribution is 6.30. The number of fused-ring (bicyclic) bond motifs is 2. The minimum Gasteiger partial charge on any atom is -0.450 e. The van der Waals surface area contributed by atoms with Crippen LogP contribution in [-0.2, 0) is 4.74 Å². The van der Waals surface area contributed by atoms with Crippen molar-refractivity contribution in [2.24, 2.45) is 0 Å². The topological polar surface area (TPSA) is 64.2 Å². The molecule has 154 valence electrons. The maximum absolute atomic E-state index is 13.4. The quantitative estimate of drug-likeness (QED) is 0.693. The number of carbonyl (C=O) groups excluding carboxylic acids is 1. The van der Waals surface area contributed by atoms with Gasteiger partial charge in [0.25, 0.3) is 5.91 Å². The maximum atomic E-state index is 13.4. The second kappa shape index (κ2) is 7.87. The van der Waals surface area contributed by atoms with Gasteiger partial charge in [0.2, 0.25) is 5.76 Å². The Morgan fingerprint density at radius 1 is 1.07 bits per heavy atom. The molecule has 5 rings (SSSR count). The molecule has 2 aliphatic heterocycles. The molecule has 0 radical (unpaired) electrons. The van der Waals surface area contributed by atoms with E-state index in [1.807, 2.05) is 18.2 Å². The third-order valence-corrected chi connectivity index (χ3v) is 6.18. The van der Waals surface area contributed by atoms with Crippen molar-refractivity contribution in [1.29, 1.82) is 0 Å². The molecule has 0 unspecified atom stereocenters. The summed E-state index contributed by atoms with van der Waals surface area (Å²) in [6.45, 7) is 4.59. The van der Waals surface area contributed by atoms with Crippen LogP contribution in [0.2, 0.25) is 5.02 Å². The van der Waals surface area contributed by atoms with Crippen LogP contribution in [0.25, 0.3) is 11.0 Å². The molecule has 0 bridgehead atoms. The molecule has 2 aliphatic rings. The molecule has 1 saturated heterocycles. The number of hydrogen-bond acceptors (Lipinski definition) is 4. The van der Waals surface area contributed by atoms with Gasteiger partial charge in [-0.25, -0.2) is 0 Å². The molecule has 0 aliphatic carbocycles. The number of amides is 1. The number of nitrogens with zero attached hydrogens (tertiary/aromatic N) is 1. The maximum Gasteiger partial charge on any atom is 0.291 e. The van der Waals surface area contributed by atoms with Crippen molar-refractivity contribution in [1.82, 2.24) is 4.90 Å². The highest BCUT2D eigenvalue weighted by Crippen LogP contribution is 2.38. The lowest BCUT2D eigenvalue weighted by molar-refractivity contribution is -0.907. The van der Waals surface area contributed by atoms with E-state index in [4.69, 9.17) is 20.8 Å². The van der Waals surface area contributed by atoms with Crippen LogP contribution in [0.4, 0.5) is 0 Å². The van der Waals surface area contributed by atoms with Crippen LogP contribution in [0.5, 0.6) is 0 Å². The first kappa shape index (κ1) is 19.3. The summed E-state index contributed by atoms with van der Waals surface area (Å²) in [7, 11) is 0. The normalized spacial score (nSPS) is 19.4. The van der Waals surface area contributed by atoms with E-state index in [0.29, 0.717) is 28.1 Å². The molecule has 1 amide bonds. The second-order valence-corrected chi connectivity index (χ2v) is 8.18. The Hall–Kier alpha value is -2.67. The van der Waals surface area contributed by atoms with Gasteiger partial charge >= 0.3 is 0 Å². The van der Waals surface area contributed by atoms with Gasteiger partial charge in [0.15, 0.2) is 5.43 Å². The predicted molar refractivity (Wildman–Crippen MR) is 113 cm³/mol. The molecular weight excluding hydrogens is 404 g/mol. The molecule has 30 heavy (non-hydrogen) atoms. The number of quaternary nitrogens is 1. The van der Waals surface area contributed by atoms with Crippen molar-refractivity contribution in [2.75, 3.05) is 39.4 Å². The van der Waals surface area contributed by atoms with Crippen LogP contribution in [0.3, 0.4) is 0 Å². The van der Waals surface area contributed by atoms with Crippen LogP contribution < -0.4 is 10.3 Å². The Balaban J connectivity index is 1.60. The van der Waals surface area contributed by atoms with Crippen LogP contribution in [0.15, 0.2) is 57.7 Å². The number of benzene rings is 2. The van der Waals surface area contributed by atoms with Crippen LogP contribution >= 0.6 is 11.6 Å². The number of halogens is 1. The van der Waals surface area contributed by atoms with E-state index in [1.54, 1.807) is 35.2 Å². The lowest BCUT2D eigenvalue weighted by atomic mass is 9.98. The van der Waals surface area contributed by atoms with Crippen LogP contribution in [0.1, 0.15) is 27.7 Å². The first-order valence-corrected chi connectivity index (χ1v) is 10.5. The number of ether oxygens (including phenoxy) is 1. The highest BCUT2D eigenvalue weighted by Gasteiger charge is 2.43. The van der Waals surface area contributed by atoms with Crippen molar-refractivity contribution in [2.45, 2.75) is 6.04 Å². The number of morpholine rings is 1. The minimum absolute atomic E-state index is 0.139.